The summed E-state index contributed by atoms with van der Waals surface area (Å²) < 4.78 is 3.87. The van der Waals surface area contributed by atoms with E-state index >= 15 is 0 Å². The van der Waals surface area contributed by atoms with Crippen LogP contribution in [-0.4, -0.2) is 32.4 Å². The third-order valence-electron chi connectivity index (χ3n) is 4.80. The number of imidazole rings is 1. The molecule has 1 N–H and O–H groups in total. The summed E-state index contributed by atoms with van der Waals surface area (Å²) in [5, 5.41) is 8.60. The maximum atomic E-state index is 6.40. The van der Waals surface area contributed by atoms with Crippen LogP contribution in [0.5, 0.6) is 0 Å². The lowest BCUT2D eigenvalue weighted by Gasteiger charge is -2.22. The van der Waals surface area contributed by atoms with E-state index in [0.717, 1.165) is 37.3 Å². The standard InChI is InChI=1S/C19H22ClN5/c1-24-12-16(15-7-9-21-10-8-15)18(23-24)17-13-25(19(20)22-17)11-14-5-3-2-4-6-14/h2-6,12-13,15,21H,7-11H2,1H3. The Balaban J connectivity index is 1.65. The molecule has 0 spiro atoms. The first-order valence-corrected chi connectivity index (χ1v) is 9.10. The third-order valence-corrected chi connectivity index (χ3v) is 5.10. The highest BCUT2D eigenvalue weighted by molar-refractivity contribution is 6.28. The van der Waals surface area contributed by atoms with E-state index in [9.17, 15) is 0 Å². The van der Waals surface area contributed by atoms with Crippen LogP contribution in [0.4, 0.5) is 0 Å². The largest absolute Gasteiger partial charge is 0.317 e. The highest BCUT2D eigenvalue weighted by atomic mass is 35.5. The molecule has 0 amide bonds. The molecule has 0 radical (unpaired) electrons. The van der Waals surface area contributed by atoms with Crippen LogP contribution in [0.25, 0.3) is 11.4 Å². The van der Waals surface area contributed by atoms with E-state index in [1.54, 1.807) is 0 Å². The molecule has 1 aromatic carbocycles. The van der Waals surface area contributed by atoms with Gasteiger partial charge in [-0.05, 0) is 49.0 Å². The van der Waals surface area contributed by atoms with Crippen molar-refractivity contribution in [3.63, 3.8) is 0 Å². The van der Waals surface area contributed by atoms with E-state index in [-0.39, 0.29) is 0 Å². The minimum absolute atomic E-state index is 0.501. The van der Waals surface area contributed by atoms with Gasteiger partial charge in [0.05, 0.1) is 0 Å². The first-order valence-electron chi connectivity index (χ1n) is 8.72. The number of aromatic nitrogens is 4. The molecule has 130 valence electrons. The second-order valence-electron chi connectivity index (χ2n) is 6.64. The molecule has 2 aromatic heterocycles. The van der Waals surface area contributed by atoms with Gasteiger partial charge in [0, 0.05) is 31.5 Å². The number of aryl methyl sites for hydroxylation is 1. The third kappa shape index (κ3) is 3.48. The molecular formula is C19H22ClN5. The number of piperidine rings is 1. The summed E-state index contributed by atoms with van der Waals surface area (Å²) in [5.74, 6) is 0.531. The van der Waals surface area contributed by atoms with Crippen LogP contribution in [0.1, 0.15) is 29.9 Å². The molecule has 0 atom stereocenters. The summed E-state index contributed by atoms with van der Waals surface area (Å²) in [5.41, 5.74) is 4.30. The van der Waals surface area contributed by atoms with Gasteiger partial charge in [-0.25, -0.2) is 4.98 Å². The smallest absolute Gasteiger partial charge is 0.203 e. The van der Waals surface area contributed by atoms with Crippen molar-refractivity contribution in [2.45, 2.75) is 25.3 Å². The monoisotopic (exact) mass is 355 g/mol. The second kappa shape index (κ2) is 7.02. The van der Waals surface area contributed by atoms with Gasteiger partial charge < -0.3 is 9.88 Å². The van der Waals surface area contributed by atoms with Crippen molar-refractivity contribution in [2.24, 2.45) is 7.05 Å². The number of nitrogens with zero attached hydrogens (tertiary/aromatic N) is 4. The maximum absolute atomic E-state index is 6.40. The normalized spacial score (nSPS) is 15.6. The number of hydrogen-bond acceptors (Lipinski definition) is 3. The van der Waals surface area contributed by atoms with Gasteiger partial charge in [-0.1, -0.05) is 30.3 Å². The molecule has 1 fully saturated rings. The van der Waals surface area contributed by atoms with Crippen molar-refractivity contribution in [3.05, 3.63) is 59.1 Å². The van der Waals surface area contributed by atoms with E-state index in [4.69, 9.17) is 11.6 Å². The van der Waals surface area contributed by atoms with Crippen LogP contribution >= 0.6 is 11.6 Å². The fourth-order valence-corrected chi connectivity index (χ4v) is 3.74. The molecule has 1 aliphatic heterocycles. The summed E-state index contributed by atoms with van der Waals surface area (Å²) >= 11 is 6.40. The molecule has 3 heterocycles. The minimum Gasteiger partial charge on any atom is -0.317 e. The Morgan fingerprint density at radius 1 is 1.16 bits per heavy atom. The summed E-state index contributed by atoms with van der Waals surface area (Å²) in [7, 11) is 1.97. The van der Waals surface area contributed by atoms with Crippen LogP contribution in [0.15, 0.2) is 42.7 Å². The quantitative estimate of drug-likeness (QED) is 0.779. The van der Waals surface area contributed by atoms with Gasteiger partial charge in [0.25, 0.3) is 0 Å². The van der Waals surface area contributed by atoms with Crippen LogP contribution in [0.3, 0.4) is 0 Å². The fourth-order valence-electron chi connectivity index (χ4n) is 3.54. The minimum atomic E-state index is 0.501. The molecule has 0 unspecified atom stereocenters. The fraction of sp³-hybridized carbons (Fsp3) is 0.368. The number of nitrogens with one attached hydrogen (secondary N) is 1. The molecule has 1 aliphatic rings. The second-order valence-corrected chi connectivity index (χ2v) is 6.98. The Morgan fingerprint density at radius 2 is 1.92 bits per heavy atom. The summed E-state index contributed by atoms with van der Waals surface area (Å²) in [4.78, 5) is 4.58. The van der Waals surface area contributed by atoms with Gasteiger partial charge in [0.2, 0.25) is 5.28 Å². The average molecular weight is 356 g/mol. The predicted octanol–water partition coefficient (Wildman–Crippen LogP) is 3.45. The summed E-state index contributed by atoms with van der Waals surface area (Å²) in [6.07, 6.45) is 6.42. The lowest BCUT2D eigenvalue weighted by molar-refractivity contribution is 0.461. The molecule has 5 nitrogen and oxygen atoms in total. The van der Waals surface area contributed by atoms with Gasteiger partial charge >= 0.3 is 0 Å². The molecule has 4 rings (SSSR count). The zero-order valence-electron chi connectivity index (χ0n) is 14.3. The van der Waals surface area contributed by atoms with Crippen LogP contribution in [0, 0.1) is 0 Å². The van der Waals surface area contributed by atoms with Crippen LogP contribution in [-0.2, 0) is 13.6 Å². The molecular weight excluding hydrogens is 334 g/mol. The zero-order chi connectivity index (χ0) is 17.2. The average Bonchev–Trinajstić information content (AvgIpc) is 3.20. The lowest BCUT2D eigenvalue weighted by Crippen LogP contribution is -2.26. The van der Waals surface area contributed by atoms with E-state index in [1.165, 1.54) is 11.1 Å². The van der Waals surface area contributed by atoms with Crippen molar-refractivity contribution >= 4 is 11.6 Å². The van der Waals surface area contributed by atoms with Crippen LogP contribution in [0.2, 0.25) is 5.28 Å². The van der Waals surface area contributed by atoms with Crippen molar-refractivity contribution < 1.29 is 0 Å². The molecule has 3 aromatic rings. The Kier molecular flexibility index (Phi) is 4.59. The summed E-state index contributed by atoms with van der Waals surface area (Å²) in [6.45, 7) is 2.83. The van der Waals surface area contributed by atoms with Crippen molar-refractivity contribution in [3.8, 4) is 11.4 Å². The Bertz CT molecular complexity index is 846. The SMILES string of the molecule is Cn1cc(C2CCNCC2)c(-c2cn(Cc3ccccc3)c(Cl)n2)n1. The van der Waals surface area contributed by atoms with Gasteiger partial charge in [-0.15, -0.1) is 0 Å². The molecule has 25 heavy (non-hydrogen) atoms. The topological polar surface area (TPSA) is 47.7 Å². The Hall–Kier alpha value is -2.11. The highest BCUT2D eigenvalue weighted by Crippen LogP contribution is 2.33. The Morgan fingerprint density at radius 3 is 2.68 bits per heavy atom. The molecule has 0 saturated carbocycles. The first kappa shape index (κ1) is 16.4. The lowest BCUT2D eigenvalue weighted by atomic mass is 9.90. The number of halogens is 1. The molecule has 1 saturated heterocycles. The molecule has 0 aliphatic carbocycles. The molecule has 6 heteroatoms. The van der Waals surface area contributed by atoms with E-state index in [2.05, 4.69) is 33.7 Å². The van der Waals surface area contributed by atoms with Crippen LogP contribution < -0.4 is 5.32 Å². The van der Waals surface area contributed by atoms with E-state index < -0.39 is 0 Å². The van der Waals surface area contributed by atoms with E-state index in [0.29, 0.717) is 17.7 Å². The van der Waals surface area contributed by atoms with Gasteiger partial charge in [0.15, 0.2) is 0 Å². The number of rotatable bonds is 4. The predicted molar refractivity (Wildman–Crippen MR) is 99.8 cm³/mol. The van der Waals surface area contributed by atoms with Crippen molar-refractivity contribution in [2.75, 3.05) is 13.1 Å². The highest BCUT2D eigenvalue weighted by Gasteiger charge is 2.23. The first-order chi connectivity index (χ1) is 12.2. The van der Waals surface area contributed by atoms with Gasteiger partial charge in [-0.2, -0.15) is 5.10 Å². The van der Waals surface area contributed by atoms with Gasteiger partial charge in [0.1, 0.15) is 11.4 Å². The van der Waals surface area contributed by atoms with E-state index in [1.807, 2.05) is 40.7 Å². The van der Waals surface area contributed by atoms with Crippen molar-refractivity contribution in [1.29, 1.82) is 0 Å². The number of benzene rings is 1. The zero-order valence-corrected chi connectivity index (χ0v) is 15.1. The maximum Gasteiger partial charge on any atom is 0.203 e. The van der Waals surface area contributed by atoms with Gasteiger partial charge in [-0.3, -0.25) is 4.68 Å². The Labute approximate surface area is 152 Å². The number of hydrogen-bond donors (Lipinski definition) is 1. The van der Waals surface area contributed by atoms with Crippen molar-refractivity contribution in [1.82, 2.24) is 24.6 Å². The summed E-state index contributed by atoms with van der Waals surface area (Å²) in [6, 6.07) is 10.3. The molecule has 0 bridgehead atoms.